The molecule has 8 nitrogen and oxygen atoms in total. The number of aryl methyl sites for hydroxylation is 1. The lowest BCUT2D eigenvalue weighted by molar-refractivity contribution is 0.102. The van der Waals surface area contributed by atoms with E-state index < -0.39 is 11.6 Å². The molecule has 1 heterocycles. The van der Waals surface area contributed by atoms with Gasteiger partial charge in [-0.3, -0.25) is 4.79 Å². The Morgan fingerprint density at radius 1 is 1.35 bits per heavy atom. The minimum Gasteiger partial charge on any atom is -0.508 e. The smallest absolute Gasteiger partial charge is 0.347 e. The maximum absolute atomic E-state index is 12.2. The van der Waals surface area contributed by atoms with Crippen molar-refractivity contribution >= 4 is 17.4 Å². The topological polar surface area (TPSA) is 133 Å². The van der Waals surface area contributed by atoms with Crippen LogP contribution < -0.4 is 22.3 Å². The van der Waals surface area contributed by atoms with E-state index in [1.54, 1.807) is 6.92 Å². The van der Waals surface area contributed by atoms with Crippen LogP contribution in [0.5, 0.6) is 5.75 Å². The van der Waals surface area contributed by atoms with E-state index in [9.17, 15) is 14.7 Å². The Morgan fingerprint density at radius 3 is 2.60 bits per heavy atom. The molecule has 0 saturated carbocycles. The number of rotatable bonds is 3. The standard InChI is InChI=1S/C12H13N5O3/c1-6-9(10(17-13)16-12(20)14-6)11(19)15-7-2-4-8(18)5-3-7/h2-5,18H,13H2,1H3,(H,15,19)(H2,14,16,17,20). The molecule has 20 heavy (non-hydrogen) atoms. The minimum atomic E-state index is -0.600. The van der Waals surface area contributed by atoms with Crippen molar-refractivity contribution < 1.29 is 9.90 Å². The number of nitrogens with one attached hydrogen (secondary N) is 3. The van der Waals surface area contributed by atoms with E-state index in [0.717, 1.165) is 0 Å². The summed E-state index contributed by atoms with van der Waals surface area (Å²) in [6, 6.07) is 5.96. The van der Waals surface area contributed by atoms with Gasteiger partial charge in [0, 0.05) is 11.4 Å². The van der Waals surface area contributed by atoms with Gasteiger partial charge in [-0.2, -0.15) is 4.98 Å². The summed E-state index contributed by atoms with van der Waals surface area (Å²) in [4.78, 5) is 29.4. The monoisotopic (exact) mass is 275 g/mol. The van der Waals surface area contributed by atoms with Crippen LogP contribution in [-0.2, 0) is 0 Å². The first-order chi connectivity index (χ1) is 9.51. The van der Waals surface area contributed by atoms with Gasteiger partial charge in [-0.25, -0.2) is 10.6 Å². The second-order valence-corrected chi connectivity index (χ2v) is 4.04. The molecule has 0 aliphatic heterocycles. The molecule has 0 unspecified atom stereocenters. The molecular formula is C12H13N5O3. The molecule has 0 radical (unpaired) electrons. The van der Waals surface area contributed by atoms with Crippen LogP contribution in [0, 0.1) is 6.92 Å². The number of nitrogen functional groups attached to an aromatic ring is 1. The highest BCUT2D eigenvalue weighted by Gasteiger charge is 2.17. The molecule has 0 bridgehead atoms. The molecule has 1 aromatic heterocycles. The molecule has 1 amide bonds. The number of aromatic hydroxyl groups is 1. The summed E-state index contributed by atoms with van der Waals surface area (Å²) in [6.07, 6.45) is 0. The number of phenols is 1. The predicted octanol–water partition coefficient (Wildman–Crippen LogP) is 0.322. The third kappa shape index (κ3) is 2.75. The number of hydrazine groups is 1. The number of nitrogens with two attached hydrogens (primary N) is 1. The van der Waals surface area contributed by atoms with Gasteiger partial charge in [0.1, 0.15) is 11.3 Å². The van der Waals surface area contributed by atoms with Crippen LogP contribution >= 0.6 is 0 Å². The third-order valence-corrected chi connectivity index (χ3v) is 2.61. The lowest BCUT2D eigenvalue weighted by Gasteiger charge is -2.10. The van der Waals surface area contributed by atoms with E-state index in [1.807, 2.05) is 0 Å². The summed E-state index contributed by atoms with van der Waals surface area (Å²) in [5.41, 5.74) is 2.59. The van der Waals surface area contributed by atoms with Crippen molar-refractivity contribution in [1.29, 1.82) is 0 Å². The largest absolute Gasteiger partial charge is 0.508 e. The van der Waals surface area contributed by atoms with Crippen molar-refractivity contribution in [3.05, 3.63) is 46.0 Å². The number of aromatic amines is 1. The number of benzene rings is 1. The van der Waals surface area contributed by atoms with E-state index in [2.05, 4.69) is 20.7 Å². The van der Waals surface area contributed by atoms with Crippen molar-refractivity contribution in [3.63, 3.8) is 0 Å². The number of hydrogen-bond acceptors (Lipinski definition) is 6. The molecule has 0 saturated heterocycles. The van der Waals surface area contributed by atoms with Gasteiger partial charge in [0.2, 0.25) is 0 Å². The Hall–Kier alpha value is -2.87. The lowest BCUT2D eigenvalue weighted by atomic mass is 10.2. The van der Waals surface area contributed by atoms with Crippen LogP contribution in [0.2, 0.25) is 0 Å². The molecule has 6 N–H and O–H groups in total. The van der Waals surface area contributed by atoms with Gasteiger partial charge in [0.05, 0.1) is 0 Å². The van der Waals surface area contributed by atoms with Gasteiger partial charge in [0.25, 0.3) is 5.91 Å². The molecule has 0 aliphatic rings. The number of carbonyl (C=O) groups is 1. The zero-order valence-electron chi connectivity index (χ0n) is 10.6. The van der Waals surface area contributed by atoms with Crippen LogP contribution in [0.3, 0.4) is 0 Å². The first-order valence-electron chi connectivity index (χ1n) is 5.69. The van der Waals surface area contributed by atoms with Crippen LogP contribution in [0.4, 0.5) is 11.5 Å². The molecule has 2 aromatic rings. The maximum atomic E-state index is 12.2. The number of amides is 1. The van der Waals surface area contributed by atoms with Crippen LogP contribution in [-0.4, -0.2) is 21.0 Å². The first-order valence-corrected chi connectivity index (χ1v) is 5.69. The van der Waals surface area contributed by atoms with Crippen LogP contribution in [0.15, 0.2) is 29.1 Å². The summed E-state index contributed by atoms with van der Waals surface area (Å²) in [6.45, 7) is 1.57. The molecule has 2 rings (SSSR count). The Balaban J connectivity index is 2.34. The molecule has 0 aliphatic carbocycles. The highest BCUT2D eigenvalue weighted by Crippen LogP contribution is 2.17. The summed E-state index contributed by atoms with van der Waals surface area (Å²) < 4.78 is 0. The molecule has 1 aromatic carbocycles. The summed E-state index contributed by atoms with van der Waals surface area (Å²) in [5, 5.41) is 11.8. The van der Waals surface area contributed by atoms with E-state index in [-0.39, 0.29) is 17.1 Å². The van der Waals surface area contributed by atoms with Gasteiger partial charge >= 0.3 is 5.69 Å². The van der Waals surface area contributed by atoms with E-state index in [0.29, 0.717) is 11.4 Å². The van der Waals surface area contributed by atoms with Gasteiger partial charge in [-0.15, -0.1) is 0 Å². The average molecular weight is 275 g/mol. The number of phenolic OH excluding ortho intramolecular Hbond substituents is 1. The van der Waals surface area contributed by atoms with Crippen molar-refractivity contribution in [3.8, 4) is 5.75 Å². The van der Waals surface area contributed by atoms with Gasteiger partial charge < -0.3 is 20.8 Å². The van der Waals surface area contributed by atoms with Crippen LogP contribution in [0.25, 0.3) is 0 Å². The summed E-state index contributed by atoms with van der Waals surface area (Å²) >= 11 is 0. The van der Waals surface area contributed by atoms with Gasteiger partial charge in [-0.1, -0.05) is 0 Å². The second kappa shape index (κ2) is 5.41. The fourth-order valence-corrected chi connectivity index (χ4v) is 1.71. The lowest BCUT2D eigenvalue weighted by Crippen LogP contribution is -2.25. The van der Waals surface area contributed by atoms with E-state index >= 15 is 0 Å². The number of hydrogen-bond donors (Lipinski definition) is 5. The molecule has 0 spiro atoms. The number of aromatic nitrogens is 2. The van der Waals surface area contributed by atoms with E-state index in [1.165, 1.54) is 24.3 Å². The van der Waals surface area contributed by atoms with Crippen LogP contribution in [0.1, 0.15) is 16.1 Å². The minimum absolute atomic E-state index is 0.0115. The quantitative estimate of drug-likeness (QED) is 0.311. The second-order valence-electron chi connectivity index (χ2n) is 4.04. The fourth-order valence-electron chi connectivity index (χ4n) is 1.71. The zero-order valence-corrected chi connectivity index (χ0v) is 10.6. The Kier molecular flexibility index (Phi) is 3.67. The van der Waals surface area contributed by atoms with Crippen molar-refractivity contribution in [2.75, 3.05) is 10.7 Å². The van der Waals surface area contributed by atoms with Crippen molar-refractivity contribution in [2.24, 2.45) is 5.84 Å². The molecule has 0 fully saturated rings. The summed E-state index contributed by atoms with van der Waals surface area (Å²) in [5.74, 6) is 4.86. The molecule has 0 atom stereocenters. The zero-order chi connectivity index (χ0) is 14.7. The molecule has 104 valence electrons. The SMILES string of the molecule is Cc1[nH]c(=O)nc(NN)c1C(=O)Nc1ccc(O)cc1. The van der Waals surface area contributed by atoms with Crippen molar-refractivity contribution in [2.45, 2.75) is 6.92 Å². The fraction of sp³-hybridized carbons (Fsp3) is 0.0833. The van der Waals surface area contributed by atoms with Crippen molar-refractivity contribution in [1.82, 2.24) is 9.97 Å². The Labute approximate surface area is 113 Å². The average Bonchev–Trinajstić information content (AvgIpc) is 2.40. The number of nitrogens with zero attached hydrogens (tertiary/aromatic N) is 1. The highest BCUT2D eigenvalue weighted by molar-refractivity contribution is 6.08. The highest BCUT2D eigenvalue weighted by atomic mass is 16.3. The molecular weight excluding hydrogens is 262 g/mol. The Bertz CT molecular complexity index is 693. The normalized spacial score (nSPS) is 10.1. The number of carbonyl (C=O) groups excluding carboxylic acids is 1. The predicted molar refractivity (Wildman–Crippen MR) is 73.5 cm³/mol. The molecule has 8 heteroatoms. The number of H-pyrrole nitrogens is 1. The third-order valence-electron chi connectivity index (χ3n) is 2.61. The maximum Gasteiger partial charge on any atom is 0.347 e. The van der Waals surface area contributed by atoms with Gasteiger partial charge in [0.15, 0.2) is 5.82 Å². The summed E-state index contributed by atoms with van der Waals surface area (Å²) in [7, 11) is 0. The first kappa shape index (κ1) is 13.6. The van der Waals surface area contributed by atoms with E-state index in [4.69, 9.17) is 5.84 Å². The number of anilines is 2. The van der Waals surface area contributed by atoms with Gasteiger partial charge in [-0.05, 0) is 31.2 Å². The Morgan fingerprint density at radius 2 is 2.00 bits per heavy atom.